The topological polar surface area (TPSA) is 97.5 Å². The van der Waals surface area contributed by atoms with Gasteiger partial charge in [0.1, 0.15) is 0 Å². The molecule has 0 aromatic carbocycles. The van der Waals surface area contributed by atoms with Crippen molar-refractivity contribution in [3.8, 4) is 0 Å². The third-order valence-corrected chi connectivity index (χ3v) is 1.19. The first-order chi connectivity index (χ1) is 5.31. The lowest BCUT2D eigenvalue weighted by Gasteiger charge is -1.99. The van der Waals surface area contributed by atoms with Gasteiger partial charge in [0, 0.05) is 22.4 Å². The van der Waals surface area contributed by atoms with Crippen molar-refractivity contribution in [1.82, 2.24) is 0 Å². The minimum absolute atomic E-state index is 0.00565. The summed E-state index contributed by atoms with van der Waals surface area (Å²) in [5, 5.41) is 6.82. The molecule has 6 nitrogen and oxygen atoms in total. The Labute approximate surface area is 64.5 Å². The Kier molecular flexibility index (Phi) is 5.89. The van der Waals surface area contributed by atoms with Crippen molar-refractivity contribution in [2.45, 2.75) is 25.8 Å². The first-order valence-electron chi connectivity index (χ1n) is 3.36. The van der Waals surface area contributed by atoms with Crippen molar-refractivity contribution in [1.29, 1.82) is 0 Å². The molecular formula is C5H10N6. The maximum Gasteiger partial charge on any atom is 0.0345 e. The first kappa shape index (κ1) is 9.62. The maximum atomic E-state index is 8.02. The molecule has 6 heteroatoms. The quantitative estimate of drug-likeness (QED) is 0.252. The summed E-state index contributed by atoms with van der Waals surface area (Å²) in [5.41, 5.74) is 15.9. The second-order valence-corrected chi connectivity index (χ2v) is 2.15. The molecule has 0 aliphatic heterocycles. The van der Waals surface area contributed by atoms with E-state index < -0.39 is 0 Å². The minimum Gasteiger partial charge on any atom is -0.0940 e. The zero-order chi connectivity index (χ0) is 8.53. The molecular weight excluding hydrogens is 144 g/mol. The normalized spacial score (nSPS) is 11.0. The molecule has 0 aliphatic rings. The largest absolute Gasteiger partial charge is 0.0940 e. The van der Waals surface area contributed by atoms with Gasteiger partial charge in [-0.3, -0.25) is 0 Å². The predicted octanol–water partition coefficient (Wildman–Crippen LogP) is 2.78. The molecule has 11 heavy (non-hydrogen) atoms. The molecule has 0 rings (SSSR count). The minimum atomic E-state index is -0.00565. The number of nitrogens with zero attached hydrogens (tertiary/aromatic N) is 6. The molecule has 0 N–H and O–H groups in total. The third-order valence-electron chi connectivity index (χ3n) is 1.19. The maximum absolute atomic E-state index is 8.02. The standard InChI is InChI=1S/C5H10N6/c1-5(9-11-7)3-2-4-8-10-6/h5H,2-4H2,1H3. The molecule has 0 saturated heterocycles. The molecule has 0 aromatic heterocycles. The number of hydrogen-bond acceptors (Lipinski definition) is 2. The van der Waals surface area contributed by atoms with Crippen LogP contribution in [0.2, 0.25) is 0 Å². The van der Waals surface area contributed by atoms with E-state index in [2.05, 4.69) is 20.1 Å². The molecule has 0 radical (unpaired) electrons. The fourth-order valence-electron chi connectivity index (χ4n) is 0.648. The van der Waals surface area contributed by atoms with Gasteiger partial charge in [-0.2, -0.15) is 0 Å². The fraction of sp³-hybridized carbons (Fsp3) is 1.00. The van der Waals surface area contributed by atoms with Crippen molar-refractivity contribution < 1.29 is 0 Å². The number of azide groups is 2. The van der Waals surface area contributed by atoms with Crippen LogP contribution in [-0.4, -0.2) is 12.6 Å². The fourth-order valence-corrected chi connectivity index (χ4v) is 0.648. The summed E-state index contributed by atoms with van der Waals surface area (Å²) >= 11 is 0. The van der Waals surface area contributed by atoms with Gasteiger partial charge in [-0.05, 0) is 23.9 Å². The van der Waals surface area contributed by atoms with Gasteiger partial charge >= 0.3 is 0 Å². The smallest absolute Gasteiger partial charge is 0.0345 e. The Morgan fingerprint density at radius 2 is 2.09 bits per heavy atom. The van der Waals surface area contributed by atoms with E-state index in [1.54, 1.807) is 0 Å². The van der Waals surface area contributed by atoms with Crippen molar-refractivity contribution in [3.63, 3.8) is 0 Å². The van der Waals surface area contributed by atoms with Gasteiger partial charge < -0.3 is 0 Å². The van der Waals surface area contributed by atoms with E-state index in [-0.39, 0.29) is 6.04 Å². The Morgan fingerprint density at radius 3 is 2.64 bits per heavy atom. The number of hydrogen-bond donors (Lipinski definition) is 0. The van der Waals surface area contributed by atoms with Crippen LogP contribution in [0, 0.1) is 0 Å². The summed E-state index contributed by atoms with van der Waals surface area (Å²) in [6, 6.07) is -0.00565. The number of rotatable bonds is 5. The van der Waals surface area contributed by atoms with Crippen LogP contribution in [0.5, 0.6) is 0 Å². The predicted molar refractivity (Wildman–Crippen MR) is 41.9 cm³/mol. The third kappa shape index (κ3) is 6.51. The molecule has 0 aromatic rings. The van der Waals surface area contributed by atoms with Gasteiger partial charge in [0.2, 0.25) is 0 Å². The van der Waals surface area contributed by atoms with Crippen molar-refractivity contribution in [2.75, 3.05) is 6.54 Å². The van der Waals surface area contributed by atoms with E-state index in [4.69, 9.17) is 11.1 Å². The summed E-state index contributed by atoms with van der Waals surface area (Å²) in [6.45, 7) is 2.30. The Bertz CT molecular complexity index is 187. The molecule has 0 heterocycles. The highest BCUT2D eigenvalue weighted by Crippen LogP contribution is 2.00. The van der Waals surface area contributed by atoms with Gasteiger partial charge in [-0.25, -0.2) is 0 Å². The van der Waals surface area contributed by atoms with Gasteiger partial charge in [0.05, 0.1) is 0 Å². The average Bonchev–Trinajstić information content (AvgIpc) is 1.99. The SMILES string of the molecule is CC(CCCN=[N+]=[N-])N=[N+]=[N-]. The second-order valence-electron chi connectivity index (χ2n) is 2.15. The van der Waals surface area contributed by atoms with E-state index in [1.807, 2.05) is 6.92 Å². The molecule has 1 unspecified atom stereocenters. The molecule has 0 spiro atoms. The molecule has 0 amide bonds. The zero-order valence-corrected chi connectivity index (χ0v) is 6.38. The summed E-state index contributed by atoms with van der Waals surface area (Å²) in [5.74, 6) is 0. The highest BCUT2D eigenvalue weighted by Gasteiger charge is 1.95. The van der Waals surface area contributed by atoms with Crippen LogP contribution >= 0.6 is 0 Å². The van der Waals surface area contributed by atoms with Crippen LogP contribution in [0.1, 0.15) is 19.8 Å². The molecule has 0 aliphatic carbocycles. The molecule has 60 valence electrons. The van der Waals surface area contributed by atoms with E-state index in [0.717, 1.165) is 12.8 Å². The summed E-state index contributed by atoms with van der Waals surface area (Å²) in [4.78, 5) is 5.26. The van der Waals surface area contributed by atoms with E-state index in [0.29, 0.717) is 6.54 Å². The summed E-state index contributed by atoms with van der Waals surface area (Å²) in [7, 11) is 0. The monoisotopic (exact) mass is 154 g/mol. The van der Waals surface area contributed by atoms with E-state index in [9.17, 15) is 0 Å². The summed E-state index contributed by atoms with van der Waals surface area (Å²) < 4.78 is 0. The molecule has 0 bridgehead atoms. The van der Waals surface area contributed by atoms with Gasteiger partial charge in [-0.15, -0.1) is 0 Å². The lowest BCUT2D eigenvalue weighted by Crippen LogP contribution is -1.96. The van der Waals surface area contributed by atoms with Crippen LogP contribution in [0.15, 0.2) is 10.2 Å². The van der Waals surface area contributed by atoms with Crippen LogP contribution in [0.25, 0.3) is 20.9 Å². The Balaban J connectivity index is 3.37. The van der Waals surface area contributed by atoms with E-state index in [1.165, 1.54) is 0 Å². The Hall–Kier alpha value is -1.38. The van der Waals surface area contributed by atoms with Crippen LogP contribution in [0.4, 0.5) is 0 Å². The van der Waals surface area contributed by atoms with Gasteiger partial charge in [0.15, 0.2) is 0 Å². The highest BCUT2D eigenvalue weighted by molar-refractivity contribution is 4.61. The van der Waals surface area contributed by atoms with Crippen LogP contribution in [-0.2, 0) is 0 Å². The van der Waals surface area contributed by atoms with Gasteiger partial charge in [-0.1, -0.05) is 17.2 Å². The highest BCUT2D eigenvalue weighted by atomic mass is 15.1. The van der Waals surface area contributed by atoms with E-state index >= 15 is 0 Å². The molecule has 0 fully saturated rings. The van der Waals surface area contributed by atoms with Crippen molar-refractivity contribution >= 4 is 0 Å². The van der Waals surface area contributed by atoms with Crippen molar-refractivity contribution in [3.05, 3.63) is 20.9 Å². The van der Waals surface area contributed by atoms with Crippen LogP contribution < -0.4 is 0 Å². The summed E-state index contributed by atoms with van der Waals surface area (Å²) in [6.07, 6.45) is 1.54. The lowest BCUT2D eigenvalue weighted by atomic mass is 10.2. The van der Waals surface area contributed by atoms with Gasteiger partial charge in [0.25, 0.3) is 0 Å². The molecule has 0 saturated carbocycles. The average molecular weight is 154 g/mol. The Morgan fingerprint density at radius 1 is 1.36 bits per heavy atom. The first-order valence-corrected chi connectivity index (χ1v) is 3.36. The lowest BCUT2D eigenvalue weighted by molar-refractivity contribution is 0.627. The van der Waals surface area contributed by atoms with Crippen molar-refractivity contribution in [2.24, 2.45) is 10.2 Å². The van der Waals surface area contributed by atoms with Crippen LogP contribution in [0.3, 0.4) is 0 Å². The molecule has 1 atom stereocenters. The second kappa shape index (κ2) is 6.74. The zero-order valence-electron chi connectivity index (χ0n) is 6.38.